The van der Waals surface area contributed by atoms with Crippen LogP contribution in [0.4, 0.5) is 0 Å². The third kappa shape index (κ3) is 2.60. The number of hydrogen-bond donors (Lipinski definition) is 1. The molecule has 4 rings (SSSR count). The molecule has 6 nitrogen and oxygen atoms in total. The molecule has 1 atom stereocenters. The lowest BCUT2D eigenvalue weighted by Gasteiger charge is -2.13. The average Bonchev–Trinajstić information content (AvgIpc) is 3.17. The largest absolute Gasteiger partial charge is 0.339 e. The lowest BCUT2D eigenvalue weighted by atomic mass is 10.1. The van der Waals surface area contributed by atoms with Crippen molar-refractivity contribution >= 4 is 11.5 Å². The summed E-state index contributed by atoms with van der Waals surface area (Å²) < 4.78 is 5.43. The molecule has 1 aliphatic carbocycles. The Morgan fingerprint density at radius 3 is 3.10 bits per heavy atom. The molecule has 21 heavy (non-hydrogen) atoms. The molecule has 0 radical (unpaired) electrons. The second-order valence-corrected chi connectivity index (χ2v) is 6.15. The molecular formula is C15H20N4O2. The Labute approximate surface area is 123 Å². The van der Waals surface area contributed by atoms with Crippen LogP contribution in [-0.2, 0) is 4.79 Å². The monoisotopic (exact) mass is 288 g/mol. The van der Waals surface area contributed by atoms with Gasteiger partial charge in [0.25, 0.3) is 5.89 Å². The van der Waals surface area contributed by atoms with Crippen LogP contribution in [0.15, 0.2) is 10.6 Å². The first-order chi connectivity index (χ1) is 10.3. The van der Waals surface area contributed by atoms with Gasteiger partial charge in [-0.2, -0.15) is 4.98 Å². The smallest absolute Gasteiger partial charge is 0.253 e. The van der Waals surface area contributed by atoms with Crippen LogP contribution in [0, 0.1) is 0 Å². The molecule has 1 unspecified atom stereocenters. The summed E-state index contributed by atoms with van der Waals surface area (Å²) in [5.74, 6) is 1.66. The number of amides is 1. The van der Waals surface area contributed by atoms with E-state index in [9.17, 15) is 4.79 Å². The van der Waals surface area contributed by atoms with E-state index in [1.165, 1.54) is 0 Å². The highest BCUT2D eigenvalue weighted by atomic mass is 16.5. The lowest BCUT2D eigenvalue weighted by Crippen LogP contribution is -2.27. The van der Waals surface area contributed by atoms with Crippen molar-refractivity contribution in [2.75, 3.05) is 19.6 Å². The molecule has 2 aliphatic heterocycles. The summed E-state index contributed by atoms with van der Waals surface area (Å²) in [6.07, 6.45) is 6.90. The number of aromatic nitrogens is 2. The van der Waals surface area contributed by atoms with E-state index in [1.54, 1.807) is 0 Å². The summed E-state index contributed by atoms with van der Waals surface area (Å²) in [6.45, 7) is 2.70. The summed E-state index contributed by atoms with van der Waals surface area (Å²) >= 11 is 0. The van der Waals surface area contributed by atoms with E-state index in [4.69, 9.17) is 4.52 Å². The van der Waals surface area contributed by atoms with E-state index in [2.05, 4.69) is 21.5 Å². The van der Waals surface area contributed by atoms with Crippen LogP contribution in [0.2, 0.25) is 0 Å². The summed E-state index contributed by atoms with van der Waals surface area (Å²) in [4.78, 5) is 18.6. The van der Waals surface area contributed by atoms with E-state index >= 15 is 0 Å². The van der Waals surface area contributed by atoms with Gasteiger partial charge in [-0.15, -0.1) is 0 Å². The molecular weight excluding hydrogens is 268 g/mol. The highest BCUT2D eigenvalue weighted by Crippen LogP contribution is 2.36. The number of likely N-dealkylation sites (tertiary alicyclic amines) is 1. The zero-order chi connectivity index (χ0) is 14.2. The van der Waals surface area contributed by atoms with Crippen molar-refractivity contribution < 1.29 is 9.32 Å². The number of carbonyl (C=O) groups excluding carboxylic acids is 1. The van der Waals surface area contributed by atoms with Gasteiger partial charge in [0.2, 0.25) is 5.91 Å². The number of carbonyl (C=O) groups is 1. The molecule has 0 bridgehead atoms. The van der Waals surface area contributed by atoms with Gasteiger partial charge in [-0.05, 0) is 38.8 Å². The van der Waals surface area contributed by atoms with Crippen molar-refractivity contribution in [2.24, 2.45) is 0 Å². The van der Waals surface area contributed by atoms with E-state index in [1.807, 2.05) is 4.90 Å². The van der Waals surface area contributed by atoms with Gasteiger partial charge in [-0.25, -0.2) is 0 Å². The fraction of sp³-hybridized carbons (Fsp3) is 0.667. The van der Waals surface area contributed by atoms with Gasteiger partial charge in [0.1, 0.15) is 0 Å². The standard InChI is InChI=1S/C15H20N4O2/c20-13-8-11(9-19(13)12-3-4-12)14-17-15(21-18-14)10-2-1-6-16-7-5-10/h2,11-12,16H,1,3-9H2. The van der Waals surface area contributed by atoms with Crippen LogP contribution >= 0.6 is 0 Å². The Bertz CT molecular complexity index is 576. The second kappa shape index (κ2) is 5.26. The summed E-state index contributed by atoms with van der Waals surface area (Å²) in [5, 5.41) is 7.47. The first kappa shape index (κ1) is 13.0. The molecule has 1 aromatic heterocycles. The molecule has 1 aromatic rings. The third-order valence-electron chi connectivity index (χ3n) is 4.51. The summed E-state index contributed by atoms with van der Waals surface area (Å²) in [6, 6.07) is 0.476. The minimum Gasteiger partial charge on any atom is -0.339 e. The lowest BCUT2D eigenvalue weighted by molar-refractivity contribution is -0.128. The normalized spacial score (nSPS) is 26.9. The molecule has 0 spiro atoms. The third-order valence-corrected chi connectivity index (χ3v) is 4.51. The second-order valence-electron chi connectivity index (χ2n) is 6.15. The average molecular weight is 288 g/mol. The zero-order valence-corrected chi connectivity index (χ0v) is 12.0. The van der Waals surface area contributed by atoms with E-state index in [0.29, 0.717) is 24.2 Å². The number of nitrogens with one attached hydrogen (secondary N) is 1. The van der Waals surface area contributed by atoms with Crippen molar-refractivity contribution in [3.8, 4) is 0 Å². The van der Waals surface area contributed by atoms with E-state index < -0.39 is 0 Å². The fourth-order valence-electron chi connectivity index (χ4n) is 3.17. The van der Waals surface area contributed by atoms with Crippen molar-refractivity contribution in [3.05, 3.63) is 17.8 Å². The molecule has 0 aromatic carbocycles. The Kier molecular flexibility index (Phi) is 3.25. The maximum absolute atomic E-state index is 12.0. The topological polar surface area (TPSA) is 71.3 Å². The molecule has 1 saturated heterocycles. The summed E-state index contributed by atoms with van der Waals surface area (Å²) in [5.41, 5.74) is 1.13. The van der Waals surface area contributed by atoms with Crippen LogP contribution in [0.5, 0.6) is 0 Å². The molecule has 1 amide bonds. The predicted octanol–water partition coefficient (Wildman–Crippen LogP) is 1.31. The molecule has 3 aliphatic rings. The van der Waals surface area contributed by atoms with Gasteiger partial charge in [-0.3, -0.25) is 4.79 Å². The maximum atomic E-state index is 12.0. The Morgan fingerprint density at radius 1 is 1.33 bits per heavy atom. The van der Waals surface area contributed by atoms with Gasteiger partial charge >= 0.3 is 0 Å². The number of nitrogens with zero attached hydrogens (tertiary/aromatic N) is 3. The minimum atomic E-state index is 0.0973. The minimum absolute atomic E-state index is 0.0973. The van der Waals surface area contributed by atoms with Gasteiger partial charge in [0.05, 0.1) is 0 Å². The van der Waals surface area contributed by atoms with E-state index in [-0.39, 0.29) is 11.8 Å². The highest BCUT2D eigenvalue weighted by molar-refractivity contribution is 5.80. The molecule has 6 heteroatoms. The molecule has 3 heterocycles. The Morgan fingerprint density at radius 2 is 2.24 bits per heavy atom. The van der Waals surface area contributed by atoms with Gasteiger partial charge in [0.15, 0.2) is 5.82 Å². The first-order valence-corrected chi connectivity index (χ1v) is 7.84. The van der Waals surface area contributed by atoms with Crippen molar-refractivity contribution in [2.45, 2.75) is 44.1 Å². The van der Waals surface area contributed by atoms with Crippen LogP contribution in [0.1, 0.15) is 49.7 Å². The fourth-order valence-corrected chi connectivity index (χ4v) is 3.17. The molecule has 112 valence electrons. The van der Waals surface area contributed by atoms with E-state index in [0.717, 1.165) is 50.9 Å². The van der Waals surface area contributed by atoms with Crippen molar-refractivity contribution in [1.82, 2.24) is 20.4 Å². The van der Waals surface area contributed by atoms with Gasteiger partial charge < -0.3 is 14.7 Å². The molecule has 1 saturated carbocycles. The van der Waals surface area contributed by atoms with Crippen LogP contribution in [-0.4, -0.2) is 46.6 Å². The molecule has 1 N–H and O–H groups in total. The Hall–Kier alpha value is -1.69. The summed E-state index contributed by atoms with van der Waals surface area (Å²) in [7, 11) is 0. The SMILES string of the molecule is O=C1CC(c2noc(C3=CCCNCC3)n2)CN1C1CC1. The van der Waals surface area contributed by atoms with Gasteiger partial charge in [-0.1, -0.05) is 11.2 Å². The van der Waals surface area contributed by atoms with Crippen LogP contribution < -0.4 is 5.32 Å². The van der Waals surface area contributed by atoms with Crippen molar-refractivity contribution in [3.63, 3.8) is 0 Å². The zero-order valence-electron chi connectivity index (χ0n) is 12.0. The first-order valence-electron chi connectivity index (χ1n) is 7.84. The predicted molar refractivity (Wildman–Crippen MR) is 76.5 cm³/mol. The number of rotatable bonds is 3. The van der Waals surface area contributed by atoms with Crippen molar-refractivity contribution in [1.29, 1.82) is 0 Å². The van der Waals surface area contributed by atoms with Crippen LogP contribution in [0.3, 0.4) is 0 Å². The molecule has 2 fully saturated rings. The Balaban J connectivity index is 1.49. The highest BCUT2D eigenvalue weighted by Gasteiger charge is 2.41. The van der Waals surface area contributed by atoms with Gasteiger partial charge in [0, 0.05) is 30.5 Å². The maximum Gasteiger partial charge on any atom is 0.253 e. The number of hydrogen-bond acceptors (Lipinski definition) is 5. The quantitative estimate of drug-likeness (QED) is 0.908. The van der Waals surface area contributed by atoms with Crippen LogP contribution in [0.25, 0.3) is 5.57 Å².